The number of fused-ring (bicyclic) bond motifs is 1. The van der Waals surface area contributed by atoms with Crippen LogP contribution in [-0.4, -0.2) is 28.7 Å². The number of ether oxygens (including phenoxy) is 1. The van der Waals surface area contributed by atoms with E-state index in [1.807, 2.05) is 6.08 Å². The Kier molecular flexibility index (Phi) is 11.1. The summed E-state index contributed by atoms with van der Waals surface area (Å²) in [6, 6.07) is 0. The maximum Gasteiger partial charge on any atom is 0.190 e. The van der Waals surface area contributed by atoms with Crippen molar-refractivity contribution in [3.63, 3.8) is 0 Å². The molecule has 3 nitrogen and oxygen atoms in total. The lowest BCUT2D eigenvalue weighted by atomic mass is 9.85. The van der Waals surface area contributed by atoms with Gasteiger partial charge in [-0.15, -0.1) is 0 Å². The Bertz CT molecular complexity index is 496. The molecule has 0 bridgehead atoms. The van der Waals surface area contributed by atoms with Crippen LogP contribution in [0, 0.1) is 0 Å². The van der Waals surface area contributed by atoms with Gasteiger partial charge in [0.25, 0.3) is 0 Å². The Balaban J connectivity index is 1.34. The van der Waals surface area contributed by atoms with E-state index < -0.39 is 5.60 Å². The van der Waals surface area contributed by atoms with E-state index in [-0.39, 0.29) is 18.0 Å². The van der Waals surface area contributed by atoms with Crippen LogP contribution < -0.4 is 0 Å². The second-order valence-electron chi connectivity index (χ2n) is 8.73. The maximum atomic E-state index is 11.9. The second-order valence-corrected chi connectivity index (χ2v) is 8.73. The summed E-state index contributed by atoms with van der Waals surface area (Å²) in [6.45, 7) is 2.28. The highest BCUT2D eigenvalue weighted by atomic mass is 16.6. The van der Waals surface area contributed by atoms with Crippen LogP contribution in [0.2, 0.25) is 0 Å². The van der Waals surface area contributed by atoms with Crippen LogP contribution in [-0.2, 0) is 9.53 Å². The van der Waals surface area contributed by atoms with E-state index in [1.165, 1.54) is 96.0 Å². The summed E-state index contributed by atoms with van der Waals surface area (Å²) in [5, 5.41) is 10.5. The largest absolute Gasteiger partial charge is 0.378 e. The molecule has 0 aromatic rings. The summed E-state index contributed by atoms with van der Waals surface area (Å²) in [7, 11) is 0. The van der Waals surface area contributed by atoms with Gasteiger partial charge in [0.2, 0.25) is 0 Å². The molecular formula is C25H42O3. The molecule has 0 aromatic heterocycles. The average molecular weight is 391 g/mol. The van der Waals surface area contributed by atoms with Gasteiger partial charge in [-0.25, -0.2) is 0 Å². The van der Waals surface area contributed by atoms with E-state index in [2.05, 4.69) is 13.0 Å². The molecule has 0 unspecified atom stereocenters. The van der Waals surface area contributed by atoms with E-state index in [4.69, 9.17) is 4.74 Å². The Morgan fingerprint density at radius 1 is 0.893 bits per heavy atom. The molecule has 1 saturated heterocycles. The predicted octanol–water partition coefficient (Wildman–Crippen LogP) is 6.44. The van der Waals surface area contributed by atoms with Gasteiger partial charge < -0.3 is 9.84 Å². The summed E-state index contributed by atoms with van der Waals surface area (Å²) in [4.78, 5) is 11.9. The molecule has 1 aliphatic heterocycles. The SMILES string of the molecule is CCCCCCCCCCCCCCCC/C=C/C[C@@]1(O)C(=O)C=C[C@@H]2O[C@@H]21. The molecule has 2 rings (SSSR count). The number of carbonyl (C=O) groups excluding carboxylic acids is 1. The van der Waals surface area contributed by atoms with Crippen LogP contribution in [0.25, 0.3) is 0 Å². The number of ketones is 1. The van der Waals surface area contributed by atoms with Gasteiger partial charge in [-0.2, -0.15) is 0 Å². The Hall–Kier alpha value is -0.930. The lowest BCUT2D eigenvalue weighted by molar-refractivity contribution is -0.134. The second kappa shape index (κ2) is 13.3. The van der Waals surface area contributed by atoms with Gasteiger partial charge in [0.15, 0.2) is 11.4 Å². The summed E-state index contributed by atoms with van der Waals surface area (Å²) in [5.74, 6) is -0.215. The number of epoxide rings is 1. The van der Waals surface area contributed by atoms with Crippen LogP contribution in [0.4, 0.5) is 0 Å². The zero-order valence-corrected chi connectivity index (χ0v) is 18.0. The van der Waals surface area contributed by atoms with Crippen molar-refractivity contribution in [2.24, 2.45) is 0 Å². The summed E-state index contributed by atoms with van der Waals surface area (Å²) in [5.41, 5.74) is -1.33. The molecule has 3 atom stereocenters. The fraction of sp³-hybridized carbons (Fsp3) is 0.800. The number of carbonyl (C=O) groups is 1. The fourth-order valence-electron chi connectivity index (χ4n) is 4.18. The van der Waals surface area contributed by atoms with E-state index in [1.54, 1.807) is 6.08 Å². The van der Waals surface area contributed by atoms with Gasteiger partial charge in [0.1, 0.15) is 12.2 Å². The highest BCUT2D eigenvalue weighted by molar-refractivity contribution is 5.99. The van der Waals surface area contributed by atoms with E-state index in [0.29, 0.717) is 6.42 Å². The van der Waals surface area contributed by atoms with Gasteiger partial charge in [0, 0.05) is 6.42 Å². The molecule has 3 heteroatoms. The van der Waals surface area contributed by atoms with Crippen LogP contribution >= 0.6 is 0 Å². The number of hydrogen-bond donors (Lipinski definition) is 1. The molecule has 0 saturated carbocycles. The summed E-state index contributed by atoms with van der Waals surface area (Å²) < 4.78 is 5.36. The third-order valence-electron chi connectivity index (χ3n) is 6.18. The molecule has 1 N–H and O–H groups in total. The highest BCUT2D eigenvalue weighted by Crippen LogP contribution is 2.40. The first-order chi connectivity index (χ1) is 13.7. The van der Waals surface area contributed by atoms with Crippen molar-refractivity contribution >= 4 is 5.78 Å². The lowest BCUT2D eigenvalue weighted by Crippen LogP contribution is -2.45. The van der Waals surface area contributed by atoms with Gasteiger partial charge in [0.05, 0.1) is 0 Å². The monoisotopic (exact) mass is 390 g/mol. The molecule has 1 fully saturated rings. The molecule has 0 amide bonds. The first kappa shape index (κ1) is 23.3. The van der Waals surface area contributed by atoms with Crippen LogP contribution in [0.5, 0.6) is 0 Å². The van der Waals surface area contributed by atoms with E-state index in [0.717, 1.165) is 6.42 Å². The third-order valence-corrected chi connectivity index (χ3v) is 6.18. The lowest BCUT2D eigenvalue weighted by Gasteiger charge is -2.23. The Labute approximate surface area is 172 Å². The summed E-state index contributed by atoms with van der Waals surface area (Å²) >= 11 is 0. The number of aliphatic hydroxyl groups is 1. The maximum absolute atomic E-state index is 11.9. The number of hydrogen-bond acceptors (Lipinski definition) is 3. The average Bonchev–Trinajstić information content (AvgIpc) is 3.49. The number of unbranched alkanes of at least 4 members (excludes halogenated alkanes) is 14. The number of rotatable bonds is 17. The van der Waals surface area contributed by atoms with Crippen molar-refractivity contribution in [1.82, 2.24) is 0 Å². The highest BCUT2D eigenvalue weighted by Gasteiger charge is 2.58. The van der Waals surface area contributed by atoms with E-state index >= 15 is 0 Å². The molecule has 160 valence electrons. The fourth-order valence-corrected chi connectivity index (χ4v) is 4.18. The smallest absolute Gasteiger partial charge is 0.190 e. The van der Waals surface area contributed by atoms with E-state index in [9.17, 15) is 9.90 Å². The first-order valence-corrected chi connectivity index (χ1v) is 11.9. The molecule has 0 aromatic carbocycles. The molecule has 0 spiro atoms. The quantitative estimate of drug-likeness (QED) is 0.177. The van der Waals surface area contributed by atoms with Gasteiger partial charge in [-0.1, -0.05) is 103 Å². The number of allylic oxidation sites excluding steroid dienone is 1. The minimum atomic E-state index is -1.33. The molecule has 2 aliphatic rings. The van der Waals surface area contributed by atoms with Gasteiger partial charge in [-0.05, 0) is 25.0 Å². The van der Waals surface area contributed by atoms with Gasteiger partial charge >= 0.3 is 0 Å². The minimum absolute atomic E-state index is 0.0538. The van der Waals surface area contributed by atoms with Crippen molar-refractivity contribution in [2.75, 3.05) is 0 Å². The van der Waals surface area contributed by atoms with Gasteiger partial charge in [-0.3, -0.25) is 4.79 Å². The molecule has 1 aliphatic carbocycles. The van der Waals surface area contributed by atoms with Crippen molar-refractivity contribution < 1.29 is 14.6 Å². The van der Waals surface area contributed by atoms with Crippen molar-refractivity contribution in [1.29, 1.82) is 0 Å². The third kappa shape index (κ3) is 8.21. The molecule has 28 heavy (non-hydrogen) atoms. The van der Waals surface area contributed by atoms with Crippen molar-refractivity contribution in [2.45, 2.75) is 127 Å². The topological polar surface area (TPSA) is 49.8 Å². The zero-order chi connectivity index (χ0) is 20.1. The normalized spacial score (nSPS) is 26.1. The molecular weight excluding hydrogens is 348 g/mol. The van der Waals surface area contributed by atoms with Crippen molar-refractivity contribution in [3.8, 4) is 0 Å². The molecule has 0 radical (unpaired) electrons. The zero-order valence-electron chi connectivity index (χ0n) is 18.0. The first-order valence-electron chi connectivity index (χ1n) is 11.9. The molecule has 1 heterocycles. The Morgan fingerprint density at radius 3 is 2.00 bits per heavy atom. The van der Waals surface area contributed by atoms with Crippen LogP contribution in [0.15, 0.2) is 24.3 Å². The van der Waals surface area contributed by atoms with Crippen LogP contribution in [0.3, 0.4) is 0 Å². The standard InChI is InChI=1S/C25H42O3/c1-2-3-4-5-6-7-8-9-10-11-12-13-14-15-16-17-18-21-25(27)23(26)20-19-22-24(25)28-22/h17-20,22,24,27H,2-16,21H2,1H3/b18-17+/t22-,24-,25+/m0/s1. The Morgan fingerprint density at radius 2 is 1.43 bits per heavy atom. The van der Waals surface area contributed by atoms with Crippen molar-refractivity contribution in [3.05, 3.63) is 24.3 Å². The predicted molar refractivity (Wildman–Crippen MR) is 116 cm³/mol. The summed E-state index contributed by atoms with van der Waals surface area (Å²) in [6.07, 6.45) is 27.6. The van der Waals surface area contributed by atoms with Crippen LogP contribution in [0.1, 0.15) is 110 Å². The minimum Gasteiger partial charge on any atom is -0.378 e.